The monoisotopic (exact) mass is 522 g/mol. The van der Waals surface area contributed by atoms with Crippen LogP contribution in [0.15, 0.2) is 48.5 Å². The Kier molecular flexibility index (Phi) is 6.71. The summed E-state index contributed by atoms with van der Waals surface area (Å²) < 4.78 is 103. The summed E-state index contributed by atoms with van der Waals surface area (Å²) in [4.78, 5) is 0. The molecule has 2 aliphatic carbocycles. The van der Waals surface area contributed by atoms with Gasteiger partial charge in [0, 0.05) is 12.1 Å². The van der Waals surface area contributed by atoms with Crippen LogP contribution in [0.2, 0.25) is 0 Å². The largest absolute Gasteiger partial charge is 0.432 e. The van der Waals surface area contributed by atoms with E-state index in [0.29, 0.717) is 11.5 Å². The quantitative estimate of drug-likeness (QED) is 0.232. The SMILES string of the molecule is CCC1CC2CC(c3ccc(-c4cc(F)c(C(F)(F)Oc5cc(F)c(F)c(F)c5)c(F)c4)cc3)CC2C1. The van der Waals surface area contributed by atoms with Gasteiger partial charge in [0.2, 0.25) is 0 Å². The Morgan fingerprint density at radius 2 is 1.27 bits per heavy atom. The van der Waals surface area contributed by atoms with E-state index in [2.05, 4.69) is 11.7 Å². The number of fused-ring (bicyclic) bond motifs is 1. The van der Waals surface area contributed by atoms with Crippen molar-refractivity contribution in [3.8, 4) is 16.9 Å². The van der Waals surface area contributed by atoms with E-state index >= 15 is 0 Å². The highest BCUT2D eigenvalue weighted by atomic mass is 19.3. The number of rotatable bonds is 6. The molecule has 0 radical (unpaired) electrons. The second kappa shape index (κ2) is 9.69. The third kappa shape index (κ3) is 4.94. The molecule has 0 spiro atoms. The fourth-order valence-electron chi connectivity index (χ4n) is 6.10. The number of hydrogen-bond donors (Lipinski definition) is 0. The van der Waals surface area contributed by atoms with Gasteiger partial charge in [0.25, 0.3) is 0 Å². The van der Waals surface area contributed by atoms with Crippen molar-refractivity contribution in [2.45, 2.75) is 51.1 Å². The minimum Gasteiger partial charge on any atom is -0.429 e. The lowest BCUT2D eigenvalue weighted by Gasteiger charge is -2.20. The summed E-state index contributed by atoms with van der Waals surface area (Å²) in [6.45, 7) is 2.24. The van der Waals surface area contributed by atoms with E-state index in [9.17, 15) is 30.7 Å². The van der Waals surface area contributed by atoms with Crippen molar-refractivity contribution in [1.82, 2.24) is 0 Å². The topological polar surface area (TPSA) is 9.23 Å². The van der Waals surface area contributed by atoms with Crippen molar-refractivity contribution >= 4 is 0 Å². The predicted octanol–water partition coefficient (Wildman–Crippen LogP) is 9.11. The average Bonchev–Trinajstić information content (AvgIpc) is 3.41. The summed E-state index contributed by atoms with van der Waals surface area (Å²) in [6, 6.07) is 9.09. The lowest BCUT2D eigenvalue weighted by Crippen LogP contribution is -2.25. The van der Waals surface area contributed by atoms with Gasteiger partial charge in [-0.05, 0) is 78.2 Å². The van der Waals surface area contributed by atoms with Crippen LogP contribution in [-0.4, -0.2) is 0 Å². The second-order valence-corrected chi connectivity index (χ2v) is 10.2. The van der Waals surface area contributed by atoms with Crippen molar-refractivity contribution in [2.24, 2.45) is 17.8 Å². The van der Waals surface area contributed by atoms with E-state index in [1.807, 2.05) is 12.1 Å². The zero-order chi connectivity index (χ0) is 26.5. The maximum absolute atomic E-state index is 14.7. The summed E-state index contributed by atoms with van der Waals surface area (Å²) in [5.41, 5.74) is -0.0679. The van der Waals surface area contributed by atoms with Crippen LogP contribution in [-0.2, 0) is 6.11 Å². The standard InChI is InChI=1S/C29H25F7O/c1-2-15-7-18-9-20(10-19(18)8-15)16-3-5-17(6-4-16)21-11-23(30)27(24(31)12-21)29(35,36)37-22-13-25(32)28(34)26(33)14-22/h3-6,11-15,18-20H,2,7-10H2,1H3. The maximum atomic E-state index is 14.7. The first kappa shape index (κ1) is 25.6. The van der Waals surface area contributed by atoms with Crippen LogP contribution in [0.3, 0.4) is 0 Å². The molecule has 0 bridgehead atoms. The van der Waals surface area contributed by atoms with Gasteiger partial charge in [0.05, 0.1) is 0 Å². The van der Waals surface area contributed by atoms with Crippen molar-refractivity contribution in [1.29, 1.82) is 0 Å². The minimum absolute atomic E-state index is 0.0500. The zero-order valence-electron chi connectivity index (χ0n) is 20.0. The van der Waals surface area contributed by atoms with Gasteiger partial charge in [0.1, 0.15) is 22.9 Å². The molecule has 0 amide bonds. The first-order valence-corrected chi connectivity index (χ1v) is 12.4. The van der Waals surface area contributed by atoms with Crippen LogP contribution in [0.1, 0.15) is 56.1 Å². The van der Waals surface area contributed by atoms with Crippen molar-refractivity contribution < 1.29 is 35.5 Å². The number of ether oxygens (including phenoxy) is 1. The highest BCUT2D eigenvalue weighted by Gasteiger charge is 2.42. The summed E-state index contributed by atoms with van der Waals surface area (Å²) in [5.74, 6) is -7.01. The van der Waals surface area contributed by atoms with Crippen molar-refractivity contribution in [2.75, 3.05) is 0 Å². The summed E-state index contributed by atoms with van der Waals surface area (Å²) in [5, 5.41) is 0. The molecule has 2 aliphatic rings. The first-order valence-electron chi connectivity index (χ1n) is 12.4. The van der Waals surface area contributed by atoms with Crippen LogP contribution < -0.4 is 4.74 Å². The van der Waals surface area contributed by atoms with Gasteiger partial charge in [0.15, 0.2) is 17.5 Å². The summed E-state index contributed by atoms with van der Waals surface area (Å²) >= 11 is 0. The molecule has 0 saturated heterocycles. The molecule has 37 heavy (non-hydrogen) atoms. The molecule has 3 aromatic rings. The van der Waals surface area contributed by atoms with E-state index in [-0.39, 0.29) is 17.7 Å². The molecule has 8 heteroatoms. The Labute approximate surface area is 210 Å². The van der Waals surface area contributed by atoms with Crippen LogP contribution >= 0.6 is 0 Å². The van der Waals surface area contributed by atoms with Gasteiger partial charge in [-0.1, -0.05) is 37.6 Å². The summed E-state index contributed by atoms with van der Waals surface area (Å²) in [6.07, 6.45) is 1.43. The van der Waals surface area contributed by atoms with E-state index in [4.69, 9.17) is 0 Å². The smallest absolute Gasteiger partial charge is 0.429 e. The average molecular weight is 523 g/mol. The third-order valence-corrected chi connectivity index (χ3v) is 7.94. The van der Waals surface area contributed by atoms with Crippen LogP contribution in [0.25, 0.3) is 11.1 Å². The normalized spacial score (nSPS) is 23.4. The molecular formula is C29H25F7O. The van der Waals surface area contributed by atoms with Gasteiger partial charge < -0.3 is 4.74 Å². The molecule has 0 heterocycles. The van der Waals surface area contributed by atoms with Gasteiger partial charge in [-0.3, -0.25) is 0 Å². The molecule has 0 aromatic heterocycles. The Bertz CT molecular complexity index is 1240. The fourth-order valence-corrected chi connectivity index (χ4v) is 6.10. The second-order valence-electron chi connectivity index (χ2n) is 10.2. The zero-order valence-corrected chi connectivity index (χ0v) is 20.0. The molecule has 3 aromatic carbocycles. The molecule has 2 saturated carbocycles. The maximum Gasteiger partial charge on any atom is 0.432 e. The van der Waals surface area contributed by atoms with Gasteiger partial charge in [-0.2, -0.15) is 8.78 Å². The van der Waals surface area contributed by atoms with E-state index in [1.54, 1.807) is 12.1 Å². The Hall–Kier alpha value is -3.03. The van der Waals surface area contributed by atoms with Crippen molar-refractivity contribution in [3.05, 3.63) is 88.7 Å². The fraction of sp³-hybridized carbons (Fsp3) is 0.379. The van der Waals surface area contributed by atoms with E-state index < -0.39 is 46.5 Å². The number of halogens is 7. The molecule has 0 N–H and O–H groups in total. The van der Waals surface area contributed by atoms with E-state index in [1.165, 1.54) is 19.3 Å². The molecule has 0 aliphatic heterocycles. The molecule has 5 rings (SSSR count). The molecule has 2 unspecified atom stereocenters. The summed E-state index contributed by atoms with van der Waals surface area (Å²) in [7, 11) is 0. The highest BCUT2D eigenvalue weighted by molar-refractivity contribution is 5.64. The third-order valence-electron chi connectivity index (χ3n) is 7.94. The van der Waals surface area contributed by atoms with Crippen LogP contribution in [0.5, 0.6) is 5.75 Å². The van der Waals surface area contributed by atoms with Gasteiger partial charge in [-0.25, -0.2) is 22.0 Å². The molecule has 196 valence electrons. The molecular weight excluding hydrogens is 497 g/mol. The Morgan fingerprint density at radius 1 is 0.730 bits per heavy atom. The molecule has 2 atom stereocenters. The number of hydrogen-bond acceptors (Lipinski definition) is 1. The number of benzene rings is 3. The lowest BCUT2D eigenvalue weighted by molar-refractivity contribution is -0.189. The van der Waals surface area contributed by atoms with E-state index in [0.717, 1.165) is 48.3 Å². The highest BCUT2D eigenvalue weighted by Crippen LogP contribution is 2.53. The van der Waals surface area contributed by atoms with Crippen LogP contribution in [0, 0.1) is 46.8 Å². The van der Waals surface area contributed by atoms with Crippen LogP contribution in [0.4, 0.5) is 30.7 Å². The molecule has 1 nitrogen and oxygen atoms in total. The predicted molar refractivity (Wildman–Crippen MR) is 125 cm³/mol. The lowest BCUT2D eigenvalue weighted by atomic mass is 9.90. The van der Waals surface area contributed by atoms with Gasteiger partial charge in [-0.15, -0.1) is 0 Å². The Balaban J connectivity index is 1.34. The number of alkyl halides is 2. The minimum atomic E-state index is -4.62. The van der Waals surface area contributed by atoms with Crippen molar-refractivity contribution in [3.63, 3.8) is 0 Å². The molecule has 2 fully saturated rings. The van der Waals surface area contributed by atoms with Gasteiger partial charge >= 0.3 is 6.11 Å². The first-order chi connectivity index (χ1) is 17.6. The Morgan fingerprint density at radius 3 is 1.78 bits per heavy atom.